The second-order valence-corrected chi connectivity index (χ2v) is 7.57. The monoisotopic (exact) mass is 358 g/mol. The number of nitrogens with one attached hydrogen (secondary N) is 2. The van der Waals surface area contributed by atoms with Gasteiger partial charge in [-0.25, -0.2) is 13.1 Å². The average Bonchev–Trinajstić information content (AvgIpc) is 2.52. The molecule has 1 aromatic carbocycles. The molecule has 8 heteroatoms. The van der Waals surface area contributed by atoms with Crippen LogP contribution < -0.4 is 14.8 Å². The number of carbonyl (C=O) groups excluding carboxylic acids is 1. The molecule has 1 aromatic rings. The standard InChI is InChI=1S/C16H26N2O5S/c1-12(2)10-18-24(20,21)14-5-6-15(13(3)9-14)23-11-16(19)17-7-8-22-4/h5-6,9,12,18H,7-8,10-11H2,1-4H3,(H,17,19). The summed E-state index contributed by atoms with van der Waals surface area (Å²) in [5.41, 5.74) is 0.645. The number of aryl methyl sites for hydroxylation is 1. The van der Waals surface area contributed by atoms with Gasteiger partial charge >= 0.3 is 0 Å². The number of amides is 1. The van der Waals surface area contributed by atoms with Crippen molar-refractivity contribution >= 4 is 15.9 Å². The van der Waals surface area contributed by atoms with Crippen LogP contribution in [0.5, 0.6) is 5.75 Å². The first-order valence-corrected chi connectivity index (χ1v) is 9.23. The maximum atomic E-state index is 12.2. The Morgan fingerprint density at radius 1 is 1.29 bits per heavy atom. The van der Waals surface area contributed by atoms with Gasteiger partial charge in [-0.15, -0.1) is 0 Å². The third-order valence-electron chi connectivity index (χ3n) is 3.13. The molecule has 1 rings (SSSR count). The van der Waals surface area contributed by atoms with E-state index in [4.69, 9.17) is 9.47 Å². The van der Waals surface area contributed by atoms with Crippen LogP contribution in [0, 0.1) is 12.8 Å². The highest BCUT2D eigenvalue weighted by Gasteiger charge is 2.16. The summed E-state index contributed by atoms with van der Waals surface area (Å²) < 4.78 is 37.2. The summed E-state index contributed by atoms with van der Waals surface area (Å²) in [6, 6.07) is 4.55. The van der Waals surface area contributed by atoms with Crippen molar-refractivity contribution in [1.82, 2.24) is 10.0 Å². The average molecular weight is 358 g/mol. The van der Waals surface area contributed by atoms with Crippen molar-refractivity contribution in [2.45, 2.75) is 25.7 Å². The molecule has 0 bridgehead atoms. The predicted octanol–water partition coefficient (Wildman–Crippen LogP) is 1.07. The molecule has 0 fully saturated rings. The molecule has 2 N–H and O–H groups in total. The molecule has 1 amide bonds. The molecule has 136 valence electrons. The van der Waals surface area contributed by atoms with E-state index >= 15 is 0 Å². The van der Waals surface area contributed by atoms with Crippen molar-refractivity contribution in [2.24, 2.45) is 5.92 Å². The molecule has 0 aliphatic heterocycles. The summed E-state index contributed by atoms with van der Waals surface area (Å²) >= 11 is 0. The summed E-state index contributed by atoms with van der Waals surface area (Å²) in [7, 11) is -1.99. The van der Waals surface area contributed by atoms with Crippen LogP contribution in [-0.2, 0) is 19.6 Å². The van der Waals surface area contributed by atoms with Crippen LogP contribution >= 0.6 is 0 Å². The number of hydrogen-bond acceptors (Lipinski definition) is 5. The van der Waals surface area contributed by atoms with Gasteiger partial charge in [0.25, 0.3) is 5.91 Å². The Bertz CT molecular complexity index is 644. The Hall–Kier alpha value is -1.64. The number of methoxy groups -OCH3 is 1. The Balaban J connectivity index is 2.66. The summed E-state index contributed by atoms with van der Waals surface area (Å²) in [6.45, 7) is 6.69. The second-order valence-electron chi connectivity index (χ2n) is 5.80. The van der Waals surface area contributed by atoms with Crippen molar-refractivity contribution in [3.05, 3.63) is 23.8 Å². The Kier molecular flexibility index (Phi) is 8.17. The van der Waals surface area contributed by atoms with E-state index in [-0.39, 0.29) is 23.3 Å². The van der Waals surface area contributed by atoms with Crippen LogP contribution in [0.2, 0.25) is 0 Å². The molecule has 0 aliphatic carbocycles. The lowest BCUT2D eigenvalue weighted by atomic mass is 10.2. The molecule has 0 saturated carbocycles. The van der Waals surface area contributed by atoms with E-state index in [9.17, 15) is 13.2 Å². The van der Waals surface area contributed by atoms with Crippen molar-refractivity contribution in [3.8, 4) is 5.75 Å². The molecule has 0 aliphatic rings. The molecule has 0 saturated heterocycles. The summed E-state index contributed by atoms with van der Waals surface area (Å²) in [6.07, 6.45) is 0. The molecule has 7 nitrogen and oxygen atoms in total. The molecule has 0 atom stereocenters. The normalized spacial score (nSPS) is 11.5. The number of ether oxygens (including phenoxy) is 2. The SMILES string of the molecule is COCCNC(=O)COc1ccc(S(=O)(=O)NCC(C)C)cc1C. The maximum Gasteiger partial charge on any atom is 0.258 e. The van der Waals surface area contributed by atoms with E-state index in [0.29, 0.717) is 31.0 Å². The van der Waals surface area contributed by atoms with Gasteiger partial charge in [-0.1, -0.05) is 13.8 Å². The minimum absolute atomic E-state index is 0.137. The zero-order valence-corrected chi connectivity index (χ0v) is 15.4. The minimum atomic E-state index is -3.54. The van der Waals surface area contributed by atoms with E-state index < -0.39 is 10.0 Å². The van der Waals surface area contributed by atoms with Crippen LogP contribution in [0.1, 0.15) is 19.4 Å². The van der Waals surface area contributed by atoms with E-state index in [2.05, 4.69) is 10.0 Å². The first-order chi connectivity index (χ1) is 11.3. The van der Waals surface area contributed by atoms with Gasteiger partial charge in [0, 0.05) is 20.2 Å². The van der Waals surface area contributed by atoms with Crippen LogP contribution in [0.15, 0.2) is 23.1 Å². The largest absolute Gasteiger partial charge is 0.484 e. The maximum absolute atomic E-state index is 12.2. The highest BCUT2D eigenvalue weighted by Crippen LogP contribution is 2.21. The minimum Gasteiger partial charge on any atom is -0.484 e. The highest BCUT2D eigenvalue weighted by molar-refractivity contribution is 7.89. The van der Waals surface area contributed by atoms with Gasteiger partial charge in [-0.05, 0) is 36.6 Å². The number of carbonyl (C=O) groups is 1. The molecule has 0 heterocycles. The van der Waals surface area contributed by atoms with Crippen LogP contribution in [0.3, 0.4) is 0 Å². The molecule has 0 radical (unpaired) electrons. The highest BCUT2D eigenvalue weighted by atomic mass is 32.2. The fourth-order valence-electron chi connectivity index (χ4n) is 1.80. The molecular weight excluding hydrogens is 332 g/mol. The number of hydrogen-bond donors (Lipinski definition) is 2. The number of benzene rings is 1. The fourth-order valence-corrected chi connectivity index (χ4v) is 3.10. The van der Waals surface area contributed by atoms with Gasteiger partial charge in [0.05, 0.1) is 11.5 Å². The molecular formula is C16H26N2O5S. The van der Waals surface area contributed by atoms with E-state index in [1.54, 1.807) is 20.1 Å². The van der Waals surface area contributed by atoms with E-state index in [1.165, 1.54) is 12.1 Å². The van der Waals surface area contributed by atoms with Gasteiger partial charge in [-0.3, -0.25) is 4.79 Å². The van der Waals surface area contributed by atoms with Crippen LogP contribution in [0.25, 0.3) is 0 Å². The number of sulfonamides is 1. The van der Waals surface area contributed by atoms with Gasteiger partial charge in [0.1, 0.15) is 5.75 Å². The van der Waals surface area contributed by atoms with Crippen molar-refractivity contribution in [1.29, 1.82) is 0 Å². The third kappa shape index (κ3) is 6.86. The Morgan fingerprint density at radius 3 is 2.58 bits per heavy atom. The van der Waals surface area contributed by atoms with Crippen molar-refractivity contribution in [2.75, 3.05) is 33.4 Å². The fraction of sp³-hybridized carbons (Fsp3) is 0.562. The lowest BCUT2D eigenvalue weighted by Crippen LogP contribution is -2.31. The predicted molar refractivity (Wildman–Crippen MR) is 91.6 cm³/mol. The van der Waals surface area contributed by atoms with Crippen molar-refractivity contribution < 1.29 is 22.7 Å². The van der Waals surface area contributed by atoms with Crippen molar-refractivity contribution in [3.63, 3.8) is 0 Å². The van der Waals surface area contributed by atoms with E-state index in [0.717, 1.165) is 0 Å². The lowest BCUT2D eigenvalue weighted by molar-refractivity contribution is -0.123. The summed E-state index contributed by atoms with van der Waals surface area (Å²) in [5.74, 6) is 0.432. The number of rotatable bonds is 10. The zero-order valence-electron chi connectivity index (χ0n) is 14.6. The first kappa shape index (κ1) is 20.4. The molecule has 0 spiro atoms. The van der Waals surface area contributed by atoms with Gasteiger partial charge < -0.3 is 14.8 Å². The summed E-state index contributed by atoms with van der Waals surface area (Å²) in [5, 5.41) is 2.64. The van der Waals surface area contributed by atoms with Gasteiger partial charge in [-0.2, -0.15) is 0 Å². The molecule has 0 unspecified atom stereocenters. The van der Waals surface area contributed by atoms with Gasteiger partial charge in [0.2, 0.25) is 10.0 Å². The lowest BCUT2D eigenvalue weighted by Gasteiger charge is -2.12. The second kappa shape index (κ2) is 9.61. The topological polar surface area (TPSA) is 93.7 Å². The third-order valence-corrected chi connectivity index (χ3v) is 4.55. The first-order valence-electron chi connectivity index (χ1n) is 7.75. The summed E-state index contributed by atoms with van der Waals surface area (Å²) in [4.78, 5) is 11.8. The molecule has 0 aromatic heterocycles. The Labute approximate surface area is 143 Å². The van der Waals surface area contributed by atoms with Crippen LogP contribution in [0.4, 0.5) is 0 Å². The van der Waals surface area contributed by atoms with E-state index in [1.807, 2.05) is 13.8 Å². The quantitative estimate of drug-likeness (QED) is 0.610. The molecule has 24 heavy (non-hydrogen) atoms. The smallest absolute Gasteiger partial charge is 0.258 e. The zero-order chi connectivity index (χ0) is 18.2. The van der Waals surface area contributed by atoms with Crippen LogP contribution in [-0.4, -0.2) is 47.7 Å². The van der Waals surface area contributed by atoms with Gasteiger partial charge in [0.15, 0.2) is 6.61 Å². The Morgan fingerprint density at radius 2 is 2.00 bits per heavy atom.